The molecule has 0 bridgehead atoms. The fraction of sp³-hybridized carbons (Fsp3) is 0.650. The van der Waals surface area contributed by atoms with E-state index in [4.69, 9.17) is 24.7 Å². The molecule has 0 amide bonds. The minimum absolute atomic E-state index is 0.227. The van der Waals surface area contributed by atoms with Crippen LogP contribution in [0.15, 0.2) is 24.3 Å². The molecule has 1 aromatic rings. The molecule has 0 aliphatic carbocycles. The molecular formula is C20H31NO5. The molecule has 0 unspecified atom stereocenters. The molecule has 2 rings (SSSR count). The van der Waals surface area contributed by atoms with Gasteiger partial charge in [0.1, 0.15) is 35.9 Å². The summed E-state index contributed by atoms with van der Waals surface area (Å²) in [6.07, 6.45) is 1.07. The quantitative estimate of drug-likeness (QED) is 0.781. The van der Waals surface area contributed by atoms with Gasteiger partial charge in [-0.2, -0.15) is 0 Å². The first-order valence-electron chi connectivity index (χ1n) is 9.29. The Morgan fingerprint density at radius 1 is 1.19 bits per heavy atom. The average Bonchev–Trinajstić information content (AvgIpc) is 2.65. The van der Waals surface area contributed by atoms with E-state index < -0.39 is 12.1 Å². The van der Waals surface area contributed by atoms with Crippen molar-refractivity contribution in [2.24, 2.45) is 11.7 Å². The minimum Gasteiger partial charge on any atom is -0.497 e. The topological polar surface area (TPSA) is 80.0 Å². The molecule has 0 radical (unpaired) electrons. The van der Waals surface area contributed by atoms with Gasteiger partial charge >= 0.3 is 5.97 Å². The third kappa shape index (κ3) is 5.88. The lowest BCUT2D eigenvalue weighted by Gasteiger charge is -2.32. The van der Waals surface area contributed by atoms with Gasteiger partial charge in [0.2, 0.25) is 0 Å². The summed E-state index contributed by atoms with van der Waals surface area (Å²) in [5, 5.41) is 0. The van der Waals surface area contributed by atoms with E-state index in [-0.39, 0.29) is 18.2 Å². The number of esters is 1. The molecule has 0 saturated carbocycles. The number of benzene rings is 1. The molecule has 6 heteroatoms. The Hall–Kier alpha value is -1.79. The lowest BCUT2D eigenvalue weighted by Crippen LogP contribution is -2.45. The fourth-order valence-electron chi connectivity index (χ4n) is 2.96. The number of hydrogen-bond donors (Lipinski definition) is 1. The monoisotopic (exact) mass is 365 g/mol. The predicted molar refractivity (Wildman–Crippen MR) is 99.4 cm³/mol. The van der Waals surface area contributed by atoms with Gasteiger partial charge in [-0.25, -0.2) is 0 Å². The highest BCUT2D eigenvalue weighted by Gasteiger charge is 2.35. The van der Waals surface area contributed by atoms with Crippen LogP contribution in [0.3, 0.4) is 0 Å². The van der Waals surface area contributed by atoms with Crippen molar-refractivity contribution in [1.29, 1.82) is 0 Å². The molecule has 1 aliphatic heterocycles. The number of cyclic esters (lactones) is 1. The van der Waals surface area contributed by atoms with E-state index in [1.165, 1.54) is 0 Å². The molecule has 1 aliphatic rings. The summed E-state index contributed by atoms with van der Waals surface area (Å²) in [7, 11) is 1.63. The van der Waals surface area contributed by atoms with Gasteiger partial charge in [0, 0.05) is 6.61 Å². The van der Waals surface area contributed by atoms with E-state index in [9.17, 15) is 4.79 Å². The van der Waals surface area contributed by atoms with E-state index >= 15 is 0 Å². The lowest BCUT2D eigenvalue weighted by atomic mass is 10.0. The van der Waals surface area contributed by atoms with Crippen molar-refractivity contribution in [2.45, 2.75) is 64.4 Å². The maximum Gasteiger partial charge on any atom is 0.323 e. The smallest absolute Gasteiger partial charge is 0.323 e. The van der Waals surface area contributed by atoms with Crippen molar-refractivity contribution in [3.05, 3.63) is 24.3 Å². The predicted octanol–water partition coefficient (Wildman–Crippen LogP) is 2.93. The van der Waals surface area contributed by atoms with Crippen LogP contribution in [0.1, 0.15) is 40.0 Å². The number of nitrogens with two attached hydrogens (primary N) is 1. The molecule has 1 fully saturated rings. The van der Waals surface area contributed by atoms with Gasteiger partial charge in [-0.3, -0.25) is 4.79 Å². The molecule has 1 saturated heterocycles. The zero-order chi connectivity index (χ0) is 19.1. The van der Waals surface area contributed by atoms with E-state index in [0.717, 1.165) is 24.3 Å². The van der Waals surface area contributed by atoms with Crippen LogP contribution >= 0.6 is 0 Å². The van der Waals surface area contributed by atoms with Gasteiger partial charge < -0.3 is 24.7 Å². The number of carbonyl (C=O) groups is 1. The summed E-state index contributed by atoms with van der Waals surface area (Å²) < 4.78 is 23.0. The molecule has 0 spiro atoms. The second kappa shape index (κ2) is 9.78. The average molecular weight is 365 g/mol. The van der Waals surface area contributed by atoms with Gasteiger partial charge in [-0.05, 0) is 56.4 Å². The van der Waals surface area contributed by atoms with Crippen molar-refractivity contribution >= 4 is 5.97 Å². The van der Waals surface area contributed by atoms with Crippen molar-refractivity contribution in [1.82, 2.24) is 0 Å². The van der Waals surface area contributed by atoms with Crippen molar-refractivity contribution in [3.8, 4) is 11.5 Å². The molecule has 4 atom stereocenters. The standard InChI is InChI=1S/C20H31NO5/c1-13(2)12-24-19-14(3)25-20(22)17(21)6-5-7-18(19)26-16-10-8-15(23-4)9-11-16/h8-11,13-14,17-19H,5-7,12,21H2,1-4H3/t14-,17-,18-,19-/m0/s1. The van der Waals surface area contributed by atoms with E-state index in [1.807, 2.05) is 31.2 Å². The normalized spacial score (nSPS) is 27.2. The second-order valence-corrected chi connectivity index (χ2v) is 7.20. The van der Waals surface area contributed by atoms with Crippen molar-refractivity contribution < 1.29 is 23.7 Å². The Labute approximate surface area is 155 Å². The molecule has 2 N–H and O–H groups in total. The van der Waals surface area contributed by atoms with Crippen LogP contribution in [0, 0.1) is 5.92 Å². The number of carbonyl (C=O) groups excluding carboxylic acids is 1. The molecule has 26 heavy (non-hydrogen) atoms. The lowest BCUT2D eigenvalue weighted by molar-refractivity contribution is -0.163. The fourth-order valence-corrected chi connectivity index (χ4v) is 2.96. The van der Waals surface area contributed by atoms with Crippen LogP contribution in [0.2, 0.25) is 0 Å². The Kier molecular flexibility index (Phi) is 7.72. The Bertz CT molecular complexity index is 560. The summed E-state index contributed by atoms with van der Waals surface area (Å²) in [4.78, 5) is 12.1. The summed E-state index contributed by atoms with van der Waals surface area (Å²) >= 11 is 0. The number of ether oxygens (including phenoxy) is 4. The van der Waals surface area contributed by atoms with Crippen molar-refractivity contribution in [2.75, 3.05) is 13.7 Å². The Morgan fingerprint density at radius 2 is 1.85 bits per heavy atom. The van der Waals surface area contributed by atoms with Crippen LogP contribution in [-0.4, -0.2) is 44.0 Å². The van der Waals surface area contributed by atoms with Gasteiger partial charge in [0.15, 0.2) is 0 Å². The summed E-state index contributed by atoms with van der Waals surface area (Å²) in [6.45, 7) is 6.58. The first kappa shape index (κ1) is 20.5. The zero-order valence-corrected chi connectivity index (χ0v) is 16.1. The van der Waals surface area contributed by atoms with Crippen LogP contribution in [0.4, 0.5) is 0 Å². The maximum atomic E-state index is 12.1. The van der Waals surface area contributed by atoms with Gasteiger partial charge in [-0.15, -0.1) is 0 Å². The van der Waals surface area contributed by atoms with Crippen LogP contribution in [0.5, 0.6) is 11.5 Å². The van der Waals surface area contributed by atoms with E-state index in [0.29, 0.717) is 18.9 Å². The largest absolute Gasteiger partial charge is 0.497 e. The maximum absolute atomic E-state index is 12.1. The minimum atomic E-state index is -0.595. The Balaban J connectivity index is 2.18. The van der Waals surface area contributed by atoms with Crippen LogP contribution < -0.4 is 15.2 Å². The first-order valence-corrected chi connectivity index (χ1v) is 9.29. The zero-order valence-electron chi connectivity index (χ0n) is 16.1. The third-order valence-corrected chi connectivity index (χ3v) is 4.41. The van der Waals surface area contributed by atoms with Gasteiger partial charge in [0.25, 0.3) is 0 Å². The molecule has 1 heterocycles. The summed E-state index contributed by atoms with van der Waals surface area (Å²) in [5.74, 6) is 1.50. The molecule has 1 aromatic carbocycles. The highest BCUT2D eigenvalue weighted by Crippen LogP contribution is 2.25. The third-order valence-electron chi connectivity index (χ3n) is 4.41. The number of methoxy groups -OCH3 is 1. The molecule has 0 aromatic heterocycles. The summed E-state index contributed by atoms with van der Waals surface area (Å²) in [6, 6.07) is 6.85. The van der Waals surface area contributed by atoms with Crippen LogP contribution in [0.25, 0.3) is 0 Å². The molecular weight excluding hydrogens is 334 g/mol. The first-order chi connectivity index (χ1) is 12.4. The Morgan fingerprint density at radius 3 is 2.46 bits per heavy atom. The number of rotatable bonds is 6. The SMILES string of the molecule is COc1ccc(O[C@H]2CCC[C@H](N)C(=O)O[C@@H](C)[C@@H]2OCC(C)C)cc1. The van der Waals surface area contributed by atoms with Gasteiger partial charge in [-0.1, -0.05) is 13.8 Å². The van der Waals surface area contributed by atoms with E-state index in [2.05, 4.69) is 13.8 Å². The van der Waals surface area contributed by atoms with Gasteiger partial charge in [0.05, 0.1) is 7.11 Å². The highest BCUT2D eigenvalue weighted by atomic mass is 16.6. The van der Waals surface area contributed by atoms with Crippen LogP contribution in [-0.2, 0) is 14.3 Å². The molecule has 146 valence electrons. The summed E-state index contributed by atoms with van der Waals surface area (Å²) in [5.41, 5.74) is 5.91. The highest BCUT2D eigenvalue weighted by molar-refractivity contribution is 5.75. The molecule has 6 nitrogen and oxygen atoms in total. The number of hydrogen-bond acceptors (Lipinski definition) is 6. The van der Waals surface area contributed by atoms with Crippen molar-refractivity contribution in [3.63, 3.8) is 0 Å². The van der Waals surface area contributed by atoms with E-state index in [1.54, 1.807) is 7.11 Å². The second-order valence-electron chi connectivity index (χ2n) is 7.20.